The molecule has 0 spiro atoms. The van der Waals surface area contributed by atoms with Gasteiger partial charge >= 0.3 is 6.18 Å². The minimum absolute atomic E-state index is 0. The molecule has 1 radical (unpaired) electrons. The van der Waals surface area contributed by atoms with Crippen molar-refractivity contribution in [3.05, 3.63) is 90.3 Å². The van der Waals surface area contributed by atoms with Crippen molar-refractivity contribution in [2.45, 2.75) is 79.8 Å². The van der Waals surface area contributed by atoms with Gasteiger partial charge in [-0.2, -0.15) is 13.2 Å². The molecule has 0 amide bonds. The summed E-state index contributed by atoms with van der Waals surface area (Å²) >= 11 is 0. The number of aliphatic hydroxyl groups is 1. The van der Waals surface area contributed by atoms with E-state index in [2.05, 4.69) is 17.1 Å². The number of carbonyl (C=O) groups is 1. The molecule has 4 aromatic carbocycles. The molecule has 247 valence electrons. The molecule has 0 unspecified atom stereocenters. The van der Waals surface area contributed by atoms with Crippen molar-refractivity contribution >= 4 is 49.0 Å². The molecule has 0 aliphatic rings. The molecule has 0 aliphatic heterocycles. The quantitative estimate of drug-likeness (QED) is 0.0699. The normalized spacial score (nSPS) is 12.5. The van der Waals surface area contributed by atoms with Gasteiger partial charge in [0.25, 0.3) is 0 Å². The third kappa shape index (κ3) is 7.81. The van der Waals surface area contributed by atoms with E-state index in [0.29, 0.717) is 5.56 Å². The number of hydrogen-bond acceptors (Lipinski definition) is 3. The van der Waals surface area contributed by atoms with Gasteiger partial charge in [0.15, 0.2) is 5.78 Å². The number of nitrogens with zero attached hydrogens (tertiary/aromatic N) is 1. The number of aliphatic hydroxyl groups excluding tert-OH is 1. The molecular formula is C39H43F3IrNO2-. The van der Waals surface area contributed by atoms with Crippen LogP contribution >= 0.6 is 0 Å². The topological polar surface area (TPSA) is 50.2 Å². The number of ketones is 1. The number of alkyl halides is 3. The number of pyridine rings is 1. The first-order valence-electron chi connectivity index (χ1n) is 15.9. The van der Waals surface area contributed by atoms with Crippen molar-refractivity contribution in [1.82, 2.24) is 4.98 Å². The molecule has 7 heteroatoms. The largest absolute Gasteiger partial charge is 0.512 e. The zero-order valence-corrected chi connectivity index (χ0v) is 29.8. The Bertz CT molecular complexity index is 1840. The van der Waals surface area contributed by atoms with E-state index in [1.54, 1.807) is 18.3 Å². The minimum Gasteiger partial charge on any atom is -0.512 e. The van der Waals surface area contributed by atoms with Gasteiger partial charge in [0.1, 0.15) is 0 Å². The number of rotatable bonds is 9. The van der Waals surface area contributed by atoms with E-state index in [-0.39, 0.29) is 49.9 Å². The monoisotopic (exact) mass is 807 g/mol. The predicted molar refractivity (Wildman–Crippen MR) is 180 cm³/mol. The number of hydrogen-bond donors (Lipinski definition) is 1. The number of aromatic nitrogens is 1. The number of benzene rings is 4. The van der Waals surface area contributed by atoms with Gasteiger partial charge in [0.05, 0.1) is 11.2 Å². The van der Waals surface area contributed by atoms with Crippen molar-refractivity contribution in [1.29, 1.82) is 0 Å². The molecule has 5 aromatic rings. The summed E-state index contributed by atoms with van der Waals surface area (Å²) in [5.74, 6) is 0.547. The first kappa shape index (κ1) is 37.2. The van der Waals surface area contributed by atoms with Gasteiger partial charge < -0.3 is 10.1 Å². The van der Waals surface area contributed by atoms with E-state index in [9.17, 15) is 23.1 Å². The van der Waals surface area contributed by atoms with Crippen molar-refractivity contribution in [2.24, 2.45) is 17.3 Å². The Labute approximate surface area is 283 Å². The van der Waals surface area contributed by atoms with E-state index in [4.69, 9.17) is 0 Å². The van der Waals surface area contributed by atoms with Crippen LogP contribution in [0.15, 0.2) is 78.7 Å². The Morgan fingerprint density at radius 1 is 0.848 bits per heavy atom. The van der Waals surface area contributed by atoms with E-state index in [1.165, 1.54) is 19.9 Å². The maximum Gasteiger partial charge on any atom is 0.394 e. The van der Waals surface area contributed by atoms with Gasteiger partial charge in [-0.3, -0.25) is 4.79 Å². The average molecular weight is 807 g/mol. The van der Waals surface area contributed by atoms with Crippen LogP contribution in [0.5, 0.6) is 0 Å². The van der Waals surface area contributed by atoms with Crippen LogP contribution in [0.3, 0.4) is 0 Å². The number of carbonyl (C=O) groups excluding carboxylic acids is 1. The SMILES string of the molecule is CC(C)(Cc1cccc2cnc3c4[c-]cc5ccccc5c4ccc3c12)C(F)(F)F.CCC(CC)C(=O)/C=C(\O)C(CC)CC.[Ir]. The van der Waals surface area contributed by atoms with Gasteiger partial charge in [-0.05, 0) is 59.3 Å². The molecule has 1 aromatic heterocycles. The summed E-state index contributed by atoms with van der Waals surface area (Å²) in [7, 11) is 0. The second-order valence-electron chi connectivity index (χ2n) is 12.5. The van der Waals surface area contributed by atoms with Gasteiger partial charge in [-0.1, -0.05) is 112 Å². The maximum absolute atomic E-state index is 13.6. The maximum atomic E-state index is 13.6. The van der Waals surface area contributed by atoms with Crippen LogP contribution in [0.25, 0.3) is 43.2 Å². The predicted octanol–water partition coefficient (Wildman–Crippen LogP) is 11.5. The van der Waals surface area contributed by atoms with Crippen molar-refractivity contribution in [3.63, 3.8) is 0 Å². The summed E-state index contributed by atoms with van der Waals surface area (Å²) in [5, 5.41) is 16.4. The molecule has 0 fully saturated rings. The summed E-state index contributed by atoms with van der Waals surface area (Å²) in [4.78, 5) is 16.4. The fourth-order valence-electron chi connectivity index (χ4n) is 6.01. The fourth-order valence-corrected chi connectivity index (χ4v) is 6.01. The molecular weight excluding hydrogens is 764 g/mol. The van der Waals surface area contributed by atoms with Crippen LogP contribution in [0, 0.1) is 23.3 Å². The van der Waals surface area contributed by atoms with E-state index >= 15 is 0 Å². The summed E-state index contributed by atoms with van der Waals surface area (Å²) in [6, 6.07) is 22.9. The van der Waals surface area contributed by atoms with Crippen LogP contribution in [0.4, 0.5) is 13.2 Å². The second kappa shape index (κ2) is 15.5. The van der Waals surface area contributed by atoms with E-state index < -0.39 is 11.6 Å². The van der Waals surface area contributed by atoms with Crippen LogP contribution in [-0.2, 0) is 31.3 Å². The molecule has 1 N–H and O–H groups in total. The van der Waals surface area contributed by atoms with Crippen LogP contribution < -0.4 is 0 Å². The zero-order valence-electron chi connectivity index (χ0n) is 27.4. The molecule has 0 atom stereocenters. The summed E-state index contributed by atoms with van der Waals surface area (Å²) in [6.07, 6.45) is 2.29. The Kier molecular flexibility index (Phi) is 12.6. The van der Waals surface area contributed by atoms with Crippen LogP contribution in [0.1, 0.15) is 72.8 Å². The van der Waals surface area contributed by atoms with Crippen molar-refractivity contribution in [3.8, 4) is 0 Å². The zero-order chi connectivity index (χ0) is 32.9. The summed E-state index contributed by atoms with van der Waals surface area (Å²) in [5.41, 5.74) is -0.374. The van der Waals surface area contributed by atoms with E-state index in [1.807, 2.05) is 70.2 Å². The minimum atomic E-state index is -4.28. The van der Waals surface area contributed by atoms with Crippen molar-refractivity contribution < 1.29 is 43.2 Å². The average Bonchev–Trinajstić information content (AvgIpc) is 3.01. The first-order valence-corrected chi connectivity index (χ1v) is 15.9. The number of fused-ring (bicyclic) bond motifs is 7. The van der Waals surface area contributed by atoms with Gasteiger partial charge in [-0.15, -0.1) is 17.5 Å². The Morgan fingerprint density at radius 3 is 2.09 bits per heavy atom. The third-order valence-corrected chi connectivity index (χ3v) is 9.07. The Balaban J connectivity index is 0.000000309. The molecule has 3 nitrogen and oxygen atoms in total. The van der Waals surface area contributed by atoms with Gasteiger partial charge in [0.2, 0.25) is 0 Å². The molecule has 1 heterocycles. The molecule has 0 saturated carbocycles. The standard InChI is InChI=1S/C26H19F3N.C13H24O2.Ir/c1-25(2,26(27,28)29)14-17-7-5-8-18-15-30-24-21-11-10-16-6-3-4-9-19(16)20(21)12-13-22(24)23(17)18;1-5-10(6-2)12(14)9-13(15)11(7-3)8-4;/h3-10,12-13,15H,14H2,1-2H3;9-11,14H,5-8H2,1-4H3;/q-1;;/b;12-9-;. The molecule has 0 saturated heterocycles. The third-order valence-electron chi connectivity index (χ3n) is 9.07. The molecule has 5 rings (SSSR count). The molecule has 0 aliphatic carbocycles. The van der Waals surface area contributed by atoms with Crippen molar-refractivity contribution in [2.75, 3.05) is 0 Å². The number of halogens is 3. The first-order chi connectivity index (χ1) is 21.4. The van der Waals surface area contributed by atoms with Crippen LogP contribution in [-0.4, -0.2) is 22.1 Å². The number of allylic oxidation sites excluding steroid dienone is 2. The fraction of sp³-hybridized carbons (Fsp3) is 0.385. The molecule has 46 heavy (non-hydrogen) atoms. The summed E-state index contributed by atoms with van der Waals surface area (Å²) in [6.45, 7) is 10.6. The Hall–Kier alpha value is -3.28. The Morgan fingerprint density at radius 2 is 1.46 bits per heavy atom. The smallest absolute Gasteiger partial charge is 0.394 e. The van der Waals surface area contributed by atoms with Gasteiger partial charge in [-0.25, -0.2) is 0 Å². The molecule has 0 bridgehead atoms. The second-order valence-corrected chi connectivity index (χ2v) is 12.5. The van der Waals surface area contributed by atoms with E-state index in [0.717, 1.165) is 68.9 Å². The summed E-state index contributed by atoms with van der Waals surface area (Å²) < 4.78 is 40.7. The van der Waals surface area contributed by atoms with Crippen LogP contribution in [0.2, 0.25) is 0 Å². The van der Waals surface area contributed by atoms with Gasteiger partial charge in [0, 0.05) is 44.2 Å².